The molecule has 158 valence electrons. The largest absolute Gasteiger partial charge is 0.496 e. The van der Waals surface area contributed by atoms with Crippen LogP contribution >= 0.6 is 24.0 Å². The summed E-state index contributed by atoms with van der Waals surface area (Å²) in [6, 6.07) is 14.0. The Labute approximate surface area is 190 Å². The zero-order valence-corrected chi connectivity index (χ0v) is 19.9. The van der Waals surface area contributed by atoms with Gasteiger partial charge in [0.2, 0.25) is 5.91 Å². The van der Waals surface area contributed by atoms with Crippen LogP contribution in [0.25, 0.3) is 0 Å². The van der Waals surface area contributed by atoms with Crippen LogP contribution in [0.4, 0.5) is 5.69 Å². The lowest BCUT2D eigenvalue weighted by molar-refractivity contribution is -0.116. The Morgan fingerprint density at radius 2 is 1.76 bits per heavy atom. The number of methoxy groups -OCH3 is 1. The number of amides is 1. The fourth-order valence-electron chi connectivity index (χ4n) is 2.74. The first-order valence-electron chi connectivity index (χ1n) is 9.52. The first-order valence-corrected chi connectivity index (χ1v) is 9.52. The Hall–Kier alpha value is -2.29. The van der Waals surface area contributed by atoms with E-state index in [-0.39, 0.29) is 29.9 Å². The average Bonchev–Trinajstić information content (AvgIpc) is 2.70. The van der Waals surface area contributed by atoms with Crippen molar-refractivity contribution in [2.24, 2.45) is 4.99 Å². The summed E-state index contributed by atoms with van der Waals surface area (Å²) in [5.41, 5.74) is 4.15. The number of carbonyl (C=O) groups is 1. The number of rotatable bonds is 8. The third-order valence-electron chi connectivity index (χ3n) is 4.29. The predicted molar refractivity (Wildman–Crippen MR) is 130 cm³/mol. The van der Waals surface area contributed by atoms with E-state index in [1.54, 1.807) is 14.2 Å². The van der Waals surface area contributed by atoms with E-state index in [9.17, 15) is 4.79 Å². The summed E-state index contributed by atoms with van der Waals surface area (Å²) in [5.74, 6) is 1.62. The summed E-state index contributed by atoms with van der Waals surface area (Å²) in [4.78, 5) is 15.9. The predicted octanol–water partition coefficient (Wildman–Crippen LogP) is 4.23. The van der Waals surface area contributed by atoms with Crippen molar-refractivity contribution in [2.45, 2.75) is 39.8 Å². The number of halogens is 1. The number of carbonyl (C=O) groups excluding carboxylic acids is 1. The zero-order chi connectivity index (χ0) is 20.4. The minimum absolute atomic E-state index is 0. The monoisotopic (exact) mass is 510 g/mol. The third kappa shape index (κ3) is 8.31. The minimum Gasteiger partial charge on any atom is -0.496 e. The van der Waals surface area contributed by atoms with Gasteiger partial charge in [0.05, 0.1) is 7.11 Å². The van der Waals surface area contributed by atoms with Gasteiger partial charge in [-0.2, -0.15) is 0 Å². The molecule has 0 heterocycles. The van der Waals surface area contributed by atoms with Crippen LogP contribution in [0.1, 0.15) is 36.5 Å². The van der Waals surface area contributed by atoms with Gasteiger partial charge in [-0.25, -0.2) is 0 Å². The molecule has 0 spiro atoms. The van der Waals surface area contributed by atoms with E-state index in [0.717, 1.165) is 34.5 Å². The molecule has 0 aliphatic heterocycles. The summed E-state index contributed by atoms with van der Waals surface area (Å²) < 4.78 is 5.45. The first-order chi connectivity index (χ1) is 13.5. The Morgan fingerprint density at radius 3 is 2.38 bits per heavy atom. The molecule has 6 nitrogen and oxygen atoms in total. The average molecular weight is 510 g/mol. The second kappa shape index (κ2) is 13.0. The van der Waals surface area contributed by atoms with Crippen molar-refractivity contribution in [3.63, 3.8) is 0 Å². The van der Waals surface area contributed by atoms with Crippen LogP contribution < -0.4 is 20.7 Å². The molecule has 0 saturated carbocycles. The van der Waals surface area contributed by atoms with Crippen molar-refractivity contribution < 1.29 is 9.53 Å². The lowest BCUT2D eigenvalue weighted by Gasteiger charge is -2.14. The maximum absolute atomic E-state index is 11.6. The van der Waals surface area contributed by atoms with Gasteiger partial charge in [0.1, 0.15) is 5.75 Å². The number of benzene rings is 2. The Kier molecular flexibility index (Phi) is 11.1. The van der Waals surface area contributed by atoms with Crippen LogP contribution in [0.15, 0.2) is 47.5 Å². The molecule has 2 aromatic carbocycles. The zero-order valence-electron chi connectivity index (χ0n) is 17.5. The number of guanidine groups is 1. The Balaban J connectivity index is 0.00000420. The Morgan fingerprint density at radius 1 is 1.07 bits per heavy atom. The number of aryl methyl sites for hydroxylation is 1. The van der Waals surface area contributed by atoms with Gasteiger partial charge in [0.25, 0.3) is 0 Å². The molecular weight excluding hydrogens is 479 g/mol. The van der Waals surface area contributed by atoms with Gasteiger partial charge >= 0.3 is 0 Å². The van der Waals surface area contributed by atoms with Gasteiger partial charge in [0, 0.05) is 37.8 Å². The molecule has 29 heavy (non-hydrogen) atoms. The standard InChI is InChI=1S/C22H30N4O2.HI/c1-5-6-21(27)26-19-11-8-17(9-12-19)14-24-22(23-3)25-15-18-10-7-16(2)13-20(18)28-4;/h7-13H,5-6,14-15H2,1-4H3,(H,26,27)(H2,23,24,25);1H. The first kappa shape index (κ1) is 24.7. The maximum atomic E-state index is 11.6. The molecule has 0 saturated heterocycles. The van der Waals surface area contributed by atoms with Gasteiger partial charge < -0.3 is 20.7 Å². The maximum Gasteiger partial charge on any atom is 0.224 e. The van der Waals surface area contributed by atoms with Crippen molar-refractivity contribution in [1.29, 1.82) is 0 Å². The highest BCUT2D eigenvalue weighted by molar-refractivity contribution is 14.0. The molecule has 2 aromatic rings. The highest BCUT2D eigenvalue weighted by Crippen LogP contribution is 2.19. The molecule has 0 aliphatic rings. The molecule has 0 aromatic heterocycles. The second-order valence-electron chi connectivity index (χ2n) is 6.59. The van der Waals surface area contributed by atoms with Gasteiger partial charge in [-0.1, -0.05) is 31.2 Å². The number of anilines is 1. The highest BCUT2D eigenvalue weighted by atomic mass is 127. The number of nitrogens with one attached hydrogen (secondary N) is 3. The number of nitrogens with zero attached hydrogens (tertiary/aromatic N) is 1. The van der Waals surface area contributed by atoms with Crippen LogP contribution in [0.5, 0.6) is 5.75 Å². The topological polar surface area (TPSA) is 74.8 Å². The van der Waals surface area contributed by atoms with Crippen molar-refractivity contribution >= 4 is 41.5 Å². The number of ether oxygens (including phenoxy) is 1. The van der Waals surface area contributed by atoms with Crippen LogP contribution in [-0.4, -0.2) is 26.0 Å². The molecule has 0 radical (unpaired) electrons. The highest BCUT2D eigenvalue weighted by Gasteiger charge is 2.05. The molecule has 0 bridgehead atoms. The fourth-order valence-corrected chi connectivity index (χ4v) is 2.74. The third-order valence-corrected chi connectivity index (χ3v) is 4.29. The summed E-state index contributed by atoms with van der Waals surface area (Å²) >= 11 is 0. The summed E-state index contributed by atoms with van der Waals surface area (Å²) in [6.07, 6.45) is 1.38. The van der Waals surface area contributed by atoms with Gasteiger partial charge in [-0.15, -0.1) is 24.0 Å². The summed E-state index contributed by atoms with van der Waals surface area (Å²) in [7, 11) is 3.42. The molecule has 1 amide bonds. The van der Waals surface area contributed by atoms with Crippen molar-refractivity contribution in [1.82, 2.24) is 10.6 Å². The summed E-state index contributed by atoms with van der Waals surface area (Å²) in [6.45, 7) is 5.28. The minimum atomic E-state index is 0. The van der Waals surface area contributed by atoms with Crippen molar-refractivity contribution in [3.8, 4) is 5.75 Å². The van der Waals surface area contributed by atoms with Crippen LogP contribution in [0, 0.1) is 6.92 Å². The van der Waals surface area contributed by atoms with E-state index >= 15 is 0 Å². The van der Waals surface area contributed by atoms with Gasteiger partial charge in [0.15, 0.2) is 5.96 Å². The SMILES string of the molecule is CCCC(=O)Nc1ccc(CNC(=NC)NCc2ccc(C)cc2OC)cc1.I. The fraction of sp³-hybridized carbons (Fsp3) is 0.364. The molecule has 0 unspecified atom stereocenters. The molecular formula is C22H31IN4O2. The molecule has 2 rings (SSSR count). The molecule has 7 heteroatoms. The number of hydrogen-bond acceptors (Lipinski definition) is 3. The quantitative estimate of drug-likeness (QED) is 0.283. The molecule has 0 fully saturated rings. The van der Waals surface area contributed by atoms with Crippen LogP contribution in [0.2, 0.25) is 0 Å². The van der Waals surface area contributed by atoms with E-state index in [0.29, 0.717) is 25.5 Å². The van der Waals surface area contributed by atoms with Crippen molar-refractivity contribution in [2.75, 3.05) is 19.5 Å². The summed E-state index contributed by atoms with van der Waals surface area (Å²) in [5, 5.41) is 9.49. The second-order valence-corrected chi connectivity index (χ2v) is 6.59. The van der Waals surface area contributed by atoms with E-state index in [1.165, 1.54) is 0 Å². The van der Waals surface area contributed by atoms with E-state index < -0.39 is 0 Å². The van der Waals surface area contributed by atoms with Gasteiger partial charge in [-0.3, -0.25) is 9.79 Å². The number of hydrogen-bond donors (Lipinski definition) is 3. The Bertz CT molecular complexity index is 807. The van der Waals surface area contributed by atoms with Gasteiger partial charge in [-0.05, 0) is 42.7 Å². The van der Waals surface area contributed by atoms with Crippen LogP contribution in [0.3, 0.4) is 0 Å². The number of aliphatic imine (C=N–C) groups is 1. The van der Waals surface area contributed by atoms with Crippen LogP contribution in [-0.2, 0) is 17.9 Å². The van der Waals surface area contributed by atoms with E-state index in [4.69, 9.17) is 4.74 Å². The molecule has 3 N–H and O–H groups in total. The molecule has 0 atom stereocenters. The normalized spacial score (nSPS) is 10.7. The smallest absolute Gasteiger partial charge is 0.224 e. The lowest BCUT2D eigenvalue weighted by Crippen LogP contribution is -2.36. The van der Waals surface area contributed by atoms with Crippen molar-refractivity contribution in [3.05, 3.63) is 59.2 Å². The lowest BCUT2D eigenvalue weighted by atomic mass is 10.1. The van der Waals surface area contributed by atoms with E-state index in [1.807, 2.05) is 44.2 Å². The molecule has 0 aliphatic carbocycles. The van der Waals surface area contributed by atoms with E-state index in [2.05, 4.69) is 33.1 Å².